The predicted octanol–water partition coefficient (Wildman–Crippen LogP) is 4.47. The van der Waals surface area contributed by atoms with Crippen molar-refractivity contribution in [1.29, 1.82) is 0 Å². The van der Waals surface area contributed by atoms with E-state index in [1.54, 1.807) is 0 Å². The van der Waals surface area contributed by atoms with E-state index in [0.29, 0.717) is 18.2 Å². The lowest BCUT2D eigenvalue weighted by Gasteiger charge is -2.28. The first-order valence-electron chi connectivity index (χ1n) is 5.80. The van der Waals surface area contributed by atoms with Gasteiger partial charge in [0.25, 0.3) is 0 Å². The SMILES string of the molecule is [B]CCCCOP(S)OC1C(C)SSC1(C)C. The van der Waals surface area contributed by atoms with Crippen molar-refractivity contribution in [1.82, 2.24) is 0 Å². The highest BCUT2D eigenvalue weighted by molar-refractivity contribution is 8.77. The lowest BCUT2D eigenvalue weighted by atomic mass is 10.0. The van der Waals surface area contributed by atoms with Crippen LogP contribution in [0.3, 0.4) is 0 Å². The van der Waals surface area contributed by atoms with Crippen molar-refractivity contribution in [2.24, 2.45) is 0 Å². The summed E-state index contributed by atoms with van der Waals surface area (Å²) >= 11 is 4.40. The van der Waals surface area contributed by atoms with Gasteiger partial charge >= 0.3 is 0 Å². The van der Waals surface area contributed by atoms with E-state index in [0.717, 1.165) is 12.8 Å². The van der Waals surface area contributed by atoms with Crippen LogP contribution in [0.15, 0.2) is 0 Å². The molecular weight excluding hydrogens is 290 g/mol. The number of hydrogen-bond donors (Lipinski definition) is 1. The fraction of sp³-hybridized carbons (Fsp3) is 1.00. The van der Waals surface area contributed by atoms with Crippen LogP contribution in [0.1, 0.15) is 33.6 Å². The average molecular weight is 310 g/mol. The van der Waals surface area contributed by atoms with Crippen LogP contribution in [0.4, 0.5) is 0 Å². The molecule has 0 saturated carbocycles. The molecule has 7 heteroatoms. The Hall–Kier alpha value is 1.46. The predicted molar refractivity (Wildman–Crippen MR) is 85.2 cm³/mol. The van der Waals surface area contributed by atoms with Gasteiger partial charge < -0.3 is 9.05 Å². The summed E-state index contributed by atoms with van der Waals surface area (Å²) in [5.41, 5.74) is 0. The summed E-state index contributed by atoms with van der Waals surface area (Å²) in [5.74, 6) is 0. The van der Waals surface area contributed by atoms with Gasteiger partial charge in [-0.05, 0) is 27.2 Å². The van der Waals surface area contributed by atoms with Crippen LogP contribution in [0, 0.1) is 0 Å². The summed E-state index contributed by atoms with van der Waals surface area (Å²) in [4.78, 5) is 0. The quantitative estimate of drug-likeness (QED) is 0.246. The van der Waals surface area contributed by atoms with Gasteiger partial charge in [0.15, 0.2) is 0 Å². The smallest absolute Gasteiger partial charge is 0.235 e. The summed E-state index contributed by atoms with van der Waals surface area (Å²) in [6, 6.07) is 0. The molecule has 1 fully saturated rings. The first kappa shape index (κ1) is 16.5. The normalized spacial score (nSPS) is 29.4. The van der Waals surface area contributed by atoms with Crippen molar-refractivity contribution in [2.75, 3.05) is 6.61 Å². The third-order valence-corrected chi connectivity index (χ3v) is 7.77. The third-order valence-electron chi connectivity index (χ3n) is 2.53. The van der Waals surface area contributed by atoms with Crippen LogP contribution >= 0.6 is 41.4 Å². The monoisotopic (exact) mass is 310 g/mol. The van der Waals surface area contributed by atoms with Crippen molar-refractivity contribution in [2.45, 2.75) is 56.0 Å². The number of rotatable bonds is 7. The maximum absolute atomic E-state index is 5.95. The van der Waals surface area contributed by atoms with E-state index < -0.39 is 7.58 Å². The molecule has 1 aliphatic heterocycles. The maximum atomic E-state index is 5.95. The van der Waals surface area contributed by atoms with E-state index >= 15 is 0 Å². The molecule has 0 spiro atoms. The first-order chi connectivity index (χ1) is 7.97. The molecule has 3 atom stereocenters. The van der Waals surface area contributed by atoms with Gasteiger partial charge in [0.1, 0.15) is 0 Å². The first-order valence-corrected chi connectivity index (χ1v) is 10.3. The highest BCUT2D eigenvalue weighted by Gasteiger charge is 2.43. The van der Waals surface area contributed by atoms with Gasteiger partial charge in [-0.25, -0.2) is 0 Å². The molecular formula is C10H20BO2PS3. The minimum absolute atomic E-state index is 0.133. The van der Waals surface area contributed by atoms with Gasteiger partial charge in [0.05, 0.1) is 20.6 Å². The summed E-state index contributed by atoms with van der Waals surface area (Å²) in [6.45, 7) is 7.31. The van der Waals surface area contributed by atoms with Crippen LogP contribution in [0.25, 0.3) is 0 Å². The molecule has 1 saturated heterocycles. The highest BCUT2D eigenvalue weighted by Crippen LogP contribution is 2.57. The van der Waals surface area contributed by atoms with Gasteiger partial charge in [-0.15, -0.1) is 0 Å². The van der Waals surface area contributed by atoms with E-state index in [1.807, 2.05) is 21.6 Å². The molecule has 0 bridgehead atoms. The summed E-state index contributed by atoms with van der Waals surface area (Å²) < 4.78 is 11.7. The highest BCUT2D eigenvalue weighted by atomic mass is 33.1. The van der Waals surface area contributed by atoms with Crippen LogP contribution in [0.5, 0.6) is 0 Å². The van der Waals surface area contributed by atoms with Gasteiger partial charge in [-0.3, -0.25) is 0 Å². The molecule has 0 aliphatic carbocycles. The summed E-state index contributed by atoms with van der Waals surface area (Å²) in [7, 11) is 8.13. The Balaban J connectivity index is 2.27. The van der Waals surface area contributed by atoms with Gasteiger partial charge in [-0.2, -0.15) is 0 Å². The summed E-state index contributed by atoms with van der Waals surface area (Å²) in [6.07, 6.45) is 2.89. The molecule has 3 unspecified atom stereocenters. The molecule has 98 valence electrons. The topological polar surface area (TPSA) is 18.5 Å². The van der Waals surface area contributed by atoms with Gasteiger partial charge in [-0.1, -0.05) is 46.6 Å². The minimum Gasteiger partial charge on any atom is -0.326 e. The maximum Gasteiger partial charge on any atom is 0.235 e. The Morgan fingerprint density at radius 1 is 1.41 bits per heavy atom. The minimum atomic E-state index is -1.07. The largest absolute Gasteiger partial charge is 0.326 e. The van der Waals surface area contributed by atoms with Crippen molar-refractivity contribution in [3.8, 4) is 0 Å². The molecule has 1 rings (SSSR count). The molecule has 2 nitrogen and oxygen atoms in total. The fourth-order valence-corrected chi connectivity index (χ4v) is 6.40. The van der Waals surface area contributed by atoms with Gasteiger partial charge in [0.2, 0.25) is 7.58 Å². The lowest BCUT2D eigenvalue weighted by molar-refractivity contribution is 0.163. The Bertz CT molecular complexity index is 234. The van der Waals surface area contributed by atoms with E-state index in [1.165, 1.54) is 0 Å². The van der Waals surface area contributed by atoms with E-state index in [9.17, 15) is 0 Å². The van der Waals surface area contributed by atoms with Crippen LogP contribution in [-0.2, 0) is 9.05 Å². The molecule has 17 heavy (non-hydrogen) atoms. The Labute approximate surface area is 121 Å². The zero-order valence-corrected chi connectivity index (χ0v) is 14.0. The number of hydrogen-bond acceptors (Lipinski definition) is 5. The fourth-order valence-electron chi connectivity index (χ4n) is 1.59. The van der Waals surface area contributed by atoms with Crippen LogP contribution in [-0.4, -0.2) is 30.6 Å². The third kappa shape index (κ3) is 5.54. The molecule has 0 aromatic rings. The number of unbranched alkanes of at least 4 members (excludes halogenated alkanes) is 1. The second-order valence-electron chi connectivity index (χ2n) is 4.58. The zero-order valence-electron chi connectivity index (χ0n) is 10.6. The second-order valence-corrected chi connectivity index (χ2v) is 9.74. The summed E-state index contributed by atoms with van der Waals surface area (Å²) in [5, 5.41) is 0.486. The van der Waals surface area contributed by atoms with Crippen molar-refractivity contribution < 1.29 is 9.05 Å². The lowest BCUT2D eigenvalue weighted by Crippen LogP contribution is -2.35. The van der Waals surface area contributed by atoms with E-state index in [-0.39, 0.29) is 10.9 Å². The van der Waals surface area contributed by atoms with E-state index in [4.69, 9.17) is 16.9 Å². The Morgan fingerprint density at radius 3 is 2.65 bits per heavy atom. The standard InChI is InChI=1S/C10H20BO2PS3/c1-8-9(10(2,3)17-16-8)13-14(15)12-7-5-4-6-11/h8-9,15H,4-7H2,1-3H3. The van der Waals surface area contributed by atoms with Crippen molar-refractivity contribution in [3.05, 3.63) is 0 Å². The molecule has 0 aromatic heterocycles. The molecule has 1 aliphatic rings. The average Bonchev–Trinajstić information content (AvgIpc) is 2.51. The number of thiol groups is 1. The molecule has 2 radical (unpaired) electrons. The van der Waals surface area contributed by atoms with Crippen molar-refractivity contribution >= 4 is 49.3 Å². The van der Waals surface area contributed by atoms with Crippen molar-refractivity contribution in [3.63, 3.8) is 0 Å². The Morgan fingerprint density at radius 2 is 2.12 bits per heavy atom. The van der Waals surface area contributed by atoms with E-state index in [2.05, 4.69) is 33.0 Å². The Kier molecular flexibility index (Phi) is 7.69. The van der Waals surface area contributed by atoms with Gasteiger partial charge in [0, 0.05) is 10.00 Å². The van der Waals surface area contributed by atoms with Crippen LogP contribution < -0.4 is 0 Å². The second kappa shape index (κ2) is 7.91. The molecule has 0 amide bonds. The zero-order chi connectivity index (χ0) is 12.9. The molecule has 0 aromatic carbocycles. The molecule has 1 heterocycles. The van der Waals surface area contributed by atoms with Crippen LogP contribution in [0.2, 0.25) is 6.32 Å². The molecule has 0 N–H and O–H groups in total.